The number of carbonyl (C=O) groups excluding carboxylic acids is 1. The molecule has 0 aliphatic carbocycles. The molecule has 1 N–H and O–H groups in total. The van der Waals surface area contributed by atoms with Crippen molar-refractivity contribution in [1.82, 2.24) is 19.8 Å². The van der Waals surface area contributed by atoms with Crippen LogP contribution >= 0.6 is 34.8 Å². The van der Waals surface area contributed by atoms with Crippen LogP contribution in [0.25, 0.3) is 10.9 Å². The van der Waals surface area contributed by atoms with Gasteiger partial charge in [0.1, 0.15) is 5.82 Å². The number of halogens is 3. The molecule has 1 aromatic heterocycles. The van der Waals surface area contributed by atoms with Crippen LogP contribution in [0, 0.1) is 0 Å². The van der Waals surface area contributed by atoms with Crippen molar-refractivity contribution in [3.05, 3.63) is 62.9 Å². The molecule has 3 aromatic rings. The first kappa shape index (κ1) is 23.5. The lowest BCUT2D eigenvalue weighted by atomic mass is 10.2. The van der Waals surface area contributed by atoms with E-state index < -0.39 is 0 Å². The van der Waals surface area contributed by atoms with Crippen LogP contribution in [-0.2, 0) is 6.54 Å². The number of nitrogens with zero attached hydrogens (tertiary/aromatic N) is 4. The topological polar surface area (TPSA) is 61.4 Å². The standard InChI is InChI=1S/C22H24Cl3N5O/c1-29(2)10-6-9-26-21-15-7-4-5-8-18(15)27-19(28-21)13-30(3)22(31)20-16(24)11-14(23)12-17(20)25/h4-5,7-8,11-12H,6,9-10,13H2,1-3H3,(H,26,27,28). The Balaban J connectivity index is 1.83. The first-order chi connectivity index (χ1) is 14.8. The fraction of sp³-hybridized carbons (Fsp3) is 0.318. The summed E-state index contributed by atoms with van der Waals surface area (Å²) < 4.78 is 0. The SMILES string of the molecule is CN(C)CCCNc1nc(CN(C)C(=O)c2c(Cl)cc(Cl)cc2Cl)nc2ccccc12. The van der Waals surface area contributed by atoms with E-state index in [2.05, 4.69) is 20.2 Å². The molecule has 0 spiro atoms. The van der Waals surface area contributed by atoms with Crippen LogP contribution in [0.2, 0.25) is 15.1 Å². The van der Waals surface area contributed by atoms with Gasteiger partial charge >= 0.3 is 0 Å². The summed E-state index contributed by atoms with van der Waals surface area (Å²) in [4.78, 5) is 25.9. The van der Waals surface area contributed by atoms with Crippen LogP contribution in [-0.4, -0.2) is 59.9 Å². The van der Waals surface area contributed by atoms with Crippen LogP contribution in [0.5, 0.6) is 0 Å². The van der Waals surface area contributed by atoms with Crippen molar-refractivity contribution >= 4 is 57.4 Å². The van der Waals surface area contributed by atoms with Crippen LogP contribution in [0.4, 0.5) is 5.82 Å². The van der Waals surface area contributed by atoms with Gasteiger partial charge in [-0.1, -0.05) is 46.9 Å². The molecule has 0 fully saturated rings. The molecule has 164 valence electrons. The lowest BCUT2D eigenvalue weighted by Gasteiger charge is -2.19. The van der Waals surface area contributed by atoms with E-state index >= 15 is 0 Å². The van der Waals surface area contributed by atoms with Crippen molar-refractivity contribution in [3.8, 4) is 0 Å². The molecule has 0 saturated heterocycles. The van der Waals surface area contributed by atoms with E-state index in [1.54, 1.807) is 7.05 Å². The minimum absolute atomic E-state index is 0.200. The Morgan fingerprint density at radius 1 is 1.03 bits per heavy atom. The number of fused-ring (bicyclic) bond motifs is 1. The zero-order valence-corrected chi connectivity index (χ0v) is 19.9. The zero-order chi connectivity index (χ0) is 22.5. The minimum Gasteiger partial charge on any atom is -0.369 e. The third kappa shape index (κ3) is 5.98. The van der Waals surface area contributed by atoms with Crippen LogP contribution in [0.15, 0.2) is 36.4 Å². The maximum atomic E-state index is 13.0. The number of rotatable bonds is 8. The number of anilines is 1. The molecule has 0 radical (unpaired) electrons. The van der Waals surface area contributed by atoms with E-state index in [-0.39, 0.29) is 28.1 Å². The highest BCUT2D eigenvalue weighted by Gasteiger charge is 2.21. The van der Waals surface area contributed by atoms with Gasteiger partial charge in [-0.25, -0.2) is 9.97 Å². The summed E-state index contributed by atoms with van der Waals surface area (Å²) in [5.74, 6) is 0.942. The number of hydrogen-bond donors (Lipinski definition) is 1. The summed E-state index contributed by atoms with van der Waals surface area (Å²) in [5.41, 5.74) is 1.02. The quantitative estimate of drug-likeness (QED) is 0.448. The Bertz CT molecular complexity index is 1070. The monoisotopic (exact) mass is 479 g/mol. The predicted molar refractivity (Wildman–Crippen MR) is 128 cm³/mol. The first-order valence-electron chi connectivity index (χ1n) is 9.80. The molecule has 2 aromatic carbocycles. The molecule has 0 aliphatic rings. The number of para-hydroxylation sites is 1. The summed E-state index contributed by atoms with van der Waals surface area (Å²) in [7, 11) is 5.75. The van der Waals surface area contributed by atoms with Gasteiger partial charge in [0.15, 0.2) is 5.82 Å². The smallest absolute Gasteiger partial charge is 0.257 e. The second-order valence-corrected chi connectivity index (χ2v) is 8.75. The van der Waals surface area contributed by atoms with Crippen molar-refractivity contribution in [2.75, 3.05) is 39.5 Å². The van der Waals surface area contributed by atoms with E-state index in [1.807, 2.05) is 38.4 Å². The van der Waals surface area contributed by atoms with Crippen molar-refractivity contribution < 1.29 is 4.79 Å². The number of hydrogen-bond acceptors (Lipinski definition) is 5. The predicted octanol–water partition coefficient (Wildman–Crippen LogP) is 5.23. The molecule has 3 rings (SSSR count). The number of aromatic nitrogens is 2. The molecule has 6 nitrogen and oxygen atoms in total. The fourth-order valence-electron chi connectivity index (χ4n) is 3.15. The lowest BCUT2D eigenvalue weighted by Crippen LogP contribution is -2.28. The highest BCUT2D eigenvalue weighted by atomic mass is 35.5. The molecule has 0 bridgehead atoms. The van der Waals surface area contributed by atoms with Gasteiger partial charge in [-0.2, -0.15) is 0 Å². The molecular weight excluding hydrogens is 457 g/mol. The molecule has 1 amide bonds. The van der Waals surface area contributed by atoms with E-state index in [4.69, 9.17) is 34.8 Å². The van der Waals surface area contributed by atoms with Gasteiger partial charge in [-0.15, -0.1) is 0 Å². The number of benzene rings is 2. The Kier molecular flexibility index (Phi) is 7.94. The average Bonchev–Trinajstić information content (AvgIpc) is 2.70. The first-order valence-corrected chi connectivity index (χ1v) is 10.9. The molecule has 0 unspecified atom stereocenters. The maximum absolute atomic E-state index is 13.0. The number of nitrogens with one attached hydrogen (secondary N) is 1. The summed E-state index contributed by atoms with van der Waals surface area (Å²) in [6.07, 6.45) is 0.979. The molecule has 1 heterocycles. The Hall–Kier alpha value is -2.12. The molecular formula is C22H24Cl3N5O. The van der Waals surface area contributed by atoms with Crippen molar-refractivity contribution in [2.24, 2.45) is 0 Å². The number of carbonyl (C=O) groups is 1. The summed E-state index contributed by atoms with van der Waals surface area (Å²) in [5, 5.41) is 5.13. The van der Waals surface area contributed by atoms with Gasteiger partial charge in [0.05, 0.1) is 27.7 Å². The fourth-order valence-corrected chi connectivity index (χ4v) is 4.13. The van der Waals surface area contributed by atoms with Crippen LogP contribution < -0.4 is 5.32 Å². The Morgan fingerprint density at radius 2 is 1.71 bits per heavy atom. The second-order valence-electron chi connectivity index (χ2n) is 7.49. The molecule has 0 aliphatic heterocycles. The van der Waals surface area contributed by atoms with Crippen molar-refractivity contribution in [3.63, 3.8) is 0 Å². The van der Waals surface area contributed by atoms with E-state index in [0.717, 1.165) is 36.2 Å². The number of amides is 1. The zero-order valence-electron chi connectivity index (χ0n) is 17.6. The van der Waals surface area contributed by atoms with Crippen molar-refractivity contribution in [1.29, 1.82) is 0 Å². The molecule has 0 atom stereocenters. The van der Waals surface area contributed by atoms with Gasteiger partial charge in [0, 0.05) is 24.0 Å². The van der Waals surface area contributed by atoms with Gasteiger partial charge in [0.2, 0.25) is 0 Å². The highest BCUT2D eigenvalue weighted by Crippen LogP contribution is 2.30. The van der Waals surface area contributed by atoms with Gasteiger partial charge < -0.3 is 15.1 Å². The molecule has 31 heavy (non-hydrogen) atoms. The summed E-state index contributed by atoms with van der Waals surface area (Å²) in [6.45, 7) is 1.96. The maximum Gasteiger partial charge on any atom is 0.257 e. The van der Waals surface area contributed by atoms with E-state index in [0.29, 0.717) is 10.8 Å². The highest BCUT2D eigenvalue weighted by molar-refractivity contribution is 6.42. The van der Waals surface area contributed by atoms with E-state index in [9.17, 15) is 4.79 Å². The second kappa shape index (κ2) is 10.5. The third-order valence-electron chi connectivity index (χ3n) is 4.67. The summed E-state index contributed by atoms with van der Waals surface area (Å²) >= 11 is 18.4. The van der Waals surface area contributed by atoms with Crippen LogP contribution in [0.1, 0.15) is 22.6 Å². The normalized spacial score (nSPS) is 11.2. The van der Waals surface area contributed by atoms with Crippen LogP contribution in [0.3, 0.4) is 0 Å². The Labute approximate surface area is 197 Å². The molecule has 0 saturated carbocycles. The van der Waals surface area contributed by atoms with Crippen molar-refractivity contribution in [2.45, 2.75) is 13.0 Å². The minimum atomic E-state index is -0.330. The summed E-state index contributed by atoms with van der Waals surface area (Å²) in [6, 6.07) is 10.8. The average molecular weight is 481 g/mol. The third-order valence-corrected chi connectivity index (χ3v) is 5.48. The lowest BCUT2D eigenvalue weighted by molar-refractivity contribution is 0.0782. The van der Waals surface area contributed by atoms with E-state index in [1.165, 1.54) is 17.0 Å². The van der Waals surface area contributed by atoms with Gasteiger partial charge in [0.25, 0.3) is 5.91 Å². The van der Waals surface area contributed by atoms with Gasteiger partial charge in [-0.3, -0.25) is 4.79 Å². The largest absolute Gasteiger partial charge is 0.369 e. The molecule has 9 heteroatoms. The van der Waals surface area contributed by atoms with Gasteiger partial charge in [-0.05, 0) is 51.3 Å². The Morgan fingerprint density at radius 3 is 2.39 bits per heavy atom.